The van der Waals surface area contributed by atoms with Crippen LogP contribution in [0.3, 0.4) is 0 Å². The van der Waals surface area contributed by atoms with Gasteiger partial charge in [-0.2, -0.15) is 0 Å². The quantitative estimate of drug-likeness (QED) is 0.740. The van der Waals surface area contributed by atoms with Crippen molar-refractivity contribution >= 4 is 40.0 Å². The van der Waals surface area contributed by atoms with Gasteiger partial charge in [-0.3, -0.25) is 9.36 Å². The van der Waals surface area contributed by atoms with Gasteiger partial charge in [0.15, 0.2) is 5.58 Å². The number of benzene rings is 2. The number of rotatable bonds is 4. The average Bonchev–Trinajstić information content (AvgIpc) is 2.98. The van der Waals surface area contributed by atoms with Gasteiger partial charge >= 0.3 is 5.76 Å². The maximum Gasteiger partial charge on any atom is 0.420 e. The molecular formula is C20H20ClN3O3. The molecule has 2 aromatic carbocycles. The molecule has 0 atom stereocenters. The van der Waals surface area contributed by atoms with Crippen LogP contribution < -0.4 is 16.0 Å². The molecule has 0 unspecified atom stereocenters. The smallest absolute Gasteiger partial charge is 0.408 e. The van der Waals surface area contributed by atoms with Gasteiger partial charge in [0.25, 0.3) is 0 Å². The normalized spacial score (nSPS) is 14.5. The molecule has 4 rings (SSSR count). The summed E-state index contributed by atoms with van der Waals surface area (Å²) < 4.78 is 6.47. The highest BCUT2D eigenvalue weighted by atomic mass is 35.5. The molecule has 27 heavy (non-hydrogen) atoms. The van der Waals surface area contributed by atoms with Gasteiger partial charge in [-0.05, 0) is 49.6 Å². The Morgan fingerprint density at radius 2 is 1.89 bits per heavy atom. The fourth-order valence-electron chi connectivity index (χ4n) is 3.48. The molecule has 1 fully saturated rings. The van der Waals surface area contributed by atoms with Crippen LogP contribution in [0.15, 0.2) is 51.7 Å². The summed E-state index contributed by atoms with van der Waals surface area (Å²) in [4.78, 5) is 26.7. The molecule has 140 valence electrons. The highest BCUT2D eigenvalue weighted by Gasteiger charge is 2.16. The van der Waals surface area contributed by atoms with E-state index < -0.39 is 5.76 Å². The summed E-state index contributed by atoms with van der Waals surface area (Å²) in [6.07, 6.45) is 3.59. The zero-order chi connectivity index (χ0) is 18.8. The molecule has 1 aliphatic rings. The molecule has 0 saturated carbocycles. The fourth-order valence-corrected chi connectivity index (χ4v) is 3.78. The first-order valence-corrected chi connectivity index (χ1v) is 9.42. The number of para-hydroxylation sites is 2. The van der Waals surface area contributed by atoms with Gasteiger partial charge in [-0.15, -0.1) is 0 Å². The Hall–Kier alpha value is -2.73. The van der Waals surface area contributed by atoms with Crippen LogP contribution in [0.1, 0.15) is 19.3 Å². The third kappa shape index (κ3) is 3.71. The van der Waals surface area contributed by atoms with E-state index in [9.17, 15) is 9.59 Å². The highest BCUT2D eigenvalue weighted by Crippen LogP contribution is 2.30. The minimum atomic E-state index is -0.551. The van der Waals surface area contributed by atoms with Crippen molar-refractivity contribution in [3.05, 3.63) is 58.0 Å². The number of oxazole rings is 1. The lowest BCUT2D eigenvalue weighted by Crippen LogP contribution is -2.29. The molecule has 0 radical (unpaired) electrons. The zero-order valence-corrected chi connectivity index (χ0v) is 15.5. The summed E-state index contributed by atoms with van der Waals surface area (Å²) >= 11 is 6.43. The molecule has 0 aliphatic carbocycles. The van der Waals surface area contributed by atoms with E-state index in [4.69, 9.17) is 16.0 Å². The lowest BCUT2D eigenvalue weighted by Gasteiger charge is -2.29. The number of carbonyl (C=O) groups excluding carboxylic acids is 1. The Morgan fingerprint density at radius 1 is 1.11 bits per heavy atom. The van der Waals surface area contributed by atoms with E-state index in [-0.39, 0.29) is 12.5 Å². The standard InChI is InChI=1S/C20H20ClN3O3/c21-15-12-14(8-9-16(15)23-10-4-1-5-11-23)22-19(25)13-24-17-6-2-3-7-18(17)27-20(24)26/h2-3,6-9,12H,1,4-5,10-11,13H2,(H,22,25). The molecule has 1 N–H and O–H groups in total. The van der Waals surface area contributed by atoms with Gasteiger partial charge in [-0.25, -0.2) is 4.79 Å². The number of nitrogens with zero attached hydrogens (tertiary/aromatic N) is 2. The van der Waals surface area contributed by atoms with E-state index >= 15 is 0 Å². The third-order valence-corrected chi connectivity index (χ3v) is 5.11. The predicted molar refractivity (Wildman–Crippen MR) is 107 cm³/mol. The second-order valence-electron chi connectivity index (χ2n) is 6.68. The first kappa shape index (κ1) is 17.7. The van der Waals surface area contributed by atoms with Crippen LogP contribution in [0.2, 0.25) is 5.02 Å². The first-order chi connectivity index (χ1) is 13.1. The van der Waals surface area contributed by atoms with Gasteiger partial charge in [0.1, 0.15) is 6.54 Å². The fraction of sp³-hybridized carbons (Fsp3) is 0.300. The number of carbonyl (C=O) groups is 1. The van der Waals surface area contributed by atoms with Gasteiger partial charge in [-0.1, -0.05) is 23.7 Å². The van der Waals surface area contributed by atoms with Gasteiger partial charge < -0.3 is 14.6 Å². The first-order valence-electron chi connectivity index (χ1n) is 9.04. The molecule has 1 amide bonds. The van der Waals surface area contributed by atoms with E-state index in [0.29, 0.717) is 21.8 Å². The van der Waals surface area contributed by atoms with Crippen molar-refractivity contribution < 1.29 is 9.21 Å². The molecule has 6 nitrogen and oxygen atoms in total. The van der Waals surface area contributed by atoms with E-state index in [1.807, 2.05) is 12.1 Å². The number of nitrogens with one attached hydrogen (secondary N) is 1. The van der Waals surface area contributed by atoms with Crippen LogP contribution in [0.5, 0.6) is 0 Å². The maximum absolute atomic E-state index is 12.4. The van der Waals surface area contributed by atoms with E-state index in [2.05, 4.69) is 10.2 Å². The minimum absolute atomic E-state index is 0.124. The molecule has 1 aliphatic heterocycles. The summed E-state index contributed by atoms with van der Waals surface area (Å²) in [5.41, 5.74) is 2.65. The van der Waals surface area contributed by atoms with Crippen LogP contribution >= 0.6 is 11.6 Å². The number of anilines is 2. The number of aromatic nitrogens is 1. The highest BCUT2D eigenvalue weighted by molar-refractivity contribution is 6.33. The summed E-state index contributed by atoms with van der Waals surface area (Å²) in [6, 6.07) is 12.5. The zero-order valence-electron chi connectivity index (χ0n) is 14.8. The lowest BCUT2D eigenvalue weighted by molar-refractivity contribution is -0.116. The van der Waals surface area contributed by atoms with Crippen LogP contribution in [0.4, 0.5) is 11.4 Å². The Kier molecular flexibility index (Phi) is 4.90. The summed E-state index contributed by atoms with van der Waals surface area (Å²) in [5, 5.41) is 3.41. The number of halogens is 1. The lowest BCUT2D eigenvalue weighted by atomic mass is 10.1. The SMILES string of the molecule is O=C(Cn1c(=O)oc2ccccc21)Nc1ccc(N2CCCCC2)c(Cl)c1. The Morgan fingerprint density at radius 3 is 2.67 bits per heavy atom. The summed E-state index contributed by atoms with van der Waals surface area (Å²) in [6.45, 7) is 1.88. The monoisotopic (exact) mass is 385 g/mol. The van der Waals surface area contributed by atoms with Gasteiger partial charge in [0.05, 0.1) is 16.2 Å². The Balaban J connectivity index is 1.48. The molecule has 2 heterocycles. The van der Waals surface area contributed by atoms with Crippen LogP contribution in [-0.4, -0.2) is 23.6 Å². The van der Waals surface area contributed by atoms with Crippen molar-refractivity contribution in [1.82, 2.24) is 4.57 Å². The average molecular weight is 386 g/mol. The van der Waals surface area contributed by atoms with Gasteiger partial charge in [0.2, 0.25) is 5.91 Å². The number of amides is 1. The van der Waals surface area contributed by atoms with Crippen molar-refractivity contribution in [2.45, 2.75) is 25.8 Å². The molecule has 0 bridgehead atoms. The van der Waals surface area contributed by atoms with Crippen molar-refractivity contribution in [3.8, 4) is 0 Å². The van der Waals surface area contributed by atoms with Crippen LogP contribution in [0, 0.1) is 0 Å². The maximum atomic E-state index is 12.4. The van der Waals surface area contributed by atoms with E-state index in [1.165, 1.54) is 23.8 Å². The van der Waals surface area contributed by atoms with E-state index in [1.54, 1.807) is 30.3 Å². The van der Waals surface area contributed by atoms with Gasteiger partial charge in [0, 0.05) is 18.8 Å². The van der Waals surface area contributed by atoms with Crippen molar-refractivity contribution in [3.63, 3.8) is 0 Å². The topological polar surface area (TPSA) is 67.5 Å². The van der Waals surface area contributed by atoms with Crippen molar-refractivity contribution in [2.24, 2.45) is 0 Å². The van der Waals surface area contributed by atoms with Crippen LogP contribution in [-0.2, 0) is 11.3 Å². The third-order valence-electron chi connectivity index (χ3n) is 4.80. The van der Waals surface area contributed by atoms with Crippen molar-refractivity contribution in [2.75, 3.05) is 23.3 Å². The largest absolute Gasteiger partial charge is 0.420 e. The molecule has 0 spiro atoms. The molecule has 7 heteroatoms. The summed E-state index contributed by atoms with van der Waals surface area (Å²) in [7, 11) is 0. The van der Waals surface area contributed by atoms with Crippen LogP contribution in [0.25, 0.3) is 11.1 Å². The number of piperidine rings is 1. The predicted octanol–water partition coefficient (Wildman–Crippen LogP) is 3.88. The van der Waals surface area contributed by atoms with E-state index in [0.717, 1.165) is 18.8 Å². The van der Waals surface area contributed by atoms with Crippen molar-refractivity contribution in [1.29, 1.82) is 0 Å². The second kappa shape index (κ2) is 7.48. The molecular weight excluding hydrogens is 366 g/mol. The number of hydrogen-bond donors (Lipinski definition) is 1. The molecule has 3 aromatic rings. The number of hydrogen-bond acceptors (Lipinski definition) is 4. The second-order valence-corrected chi connectivity index (χ2v) is 7.09. The number of fused-ring (bicyclic) bond motifs is 1. The minimum Gasteiger partial charge on any atom is -0.408 e. The molecule has 1 saturated heterocycles. The Bertz CT molecular complexity index is 1030. The summed E-state index contributed by atoms with van der Waals surface area (Å²) in [5.74, 6) is -0.865. The molecule has 1 aromatic heterocycles. The Labute approximate surface area is 161 Å².